The molecule has 1 unspecified atom stereocenters. The van der Waals surface area contributed by atoms with Crippen LogP contribution in [0.5, 0.6) is 0 Å². The van der Waals surface area contributed by atoms with Gasteiger partial charge >= 0.3 is 0 Å². The lowest BCUT2D eigenvalue weighted by molar-refractivity contribution is -0.140. The Morgan fingerprint density at radius 2 is 1.88 bits per heavy atom. The summed E-state index contributed by atoms with van der Waals surface area (Å²) in [5.74, 6) is -2.48. The van der Waals surface area contributed by atoms with Crippen molar-refractivity contribution in [1.29, 1.82) is 0 Å². The number of amides is 1. The number of imidazole rings is 1. The van der Waals surface area contributed by atoms with Crippen molar-refractivity contribution in [3.63, 3.8) is 0 Å². The number of Topliss-reactive ketones (excluding diaryl/α,β-unsaturated/α-hetero) is 1. The molecule has 0 aliphatic carbocycles. The zero-order valence-electron chi connectivity index (χ0n) is 18.2. The van der Waals surface area contributed by atoms with Crippen molar-refractivity contribution in [1.82, 2.24) is 19.2 Å². The second-order valence-electron chi connectivity index (χ2n) is 8.15. The highest BCUT2D eigenvalue weighted by Crippen LogP contribution is 2.40. The summed E-state index contributed by atoms with van der Waals surface area (Å²) in [6.45, 7) is 2.66. The van der Waals surface area contributed by atoms with Crippen LogP contribution in [-0.4, -0.2) is 63.2 Å². The Labute approximate surface area is 185 Å². The zero-order chi connectivity index (χ0) is 23.0. The number of pyridine rings is 1. The van der Waals surface area contributed by atoms with E-state index in [1.54, 1.807) is 47.9 Å². The average Bonchev–Trinajstić information content (AvgIpc) is 3.22. The van der Waals surface area contributed by atoms with E-state index in [0.717, 1.165) is 0 Å². The monoisotopic (exact) mass is 436 g/mol. The van der Waals surface area contributed by atoms with E-state index in [1.165, 1.54) is 11.0 Å². The molecular formula is C24H25FN4O3. The average molecular weight is 436 g/mol. The molecule has 1 aliphatic heterocycles. The van der Waals surface area contributed by atoms with Crippen LogP contribution < -0.4 is 0 Å². The summed E-state index contributed by atoms with van der Waals surface area (Å²) in [5, 5.41) is 11.3. The molecule has 0 spiro atoms. The number of nitrogens with zero attached hydrogens (tertiary/aromatic N) is 4. The molecule has 3 heterocycles. The van der Waals surface area contributed by atoms with Crippen LogP contribution in [0.2, 0.25) is 0 Å². The number of ketones is 1. The Kier molecular flexibility index (Phi) is 5.80. The number of aromatic nitrogens is 2. The van der Waals surface area contributed by atoms with Gasteiger partial charge in [0.2, 0.25) is 0 Å². The van der Waals surface area contributed by atoms with Crippen LogP contribution in [0.15, 0.2) is 54.2 Å². The number of fused-ring (bicyclic) bond motifs is 1. The quantitative estimate of drug-likeness (QED) is 0.365. The van der Waals surface area contributed by atoms with E-state index in [9.17, 15) is 19.1 Å². The van der Waals surface area contributed by atoms with Crippen LogP contribution >= 0.6 is 0 Å². The van der Waals surface area contributed by atoms with Gasteiger partial charge < -0.3 is 14.9 Å². The van der Waals surface area contributed by atoms with E-state index in [-0.39, 0.29) is 23.4 Å². The number of rotatable bonds is 6. The third-order valence-corrected chi connectivity index (χ3v) is 5.67. The van der Waals surface area contributed by atoms with E-state index >= 15 is 0 Å². The molecule has 3 aromatic rings. The predicted molar refractivity (Wildman–Crippen MR) is 119 cm³/mol. The molecule has 1 fully saturated rings. The largest absolute Gasteiger partial charge is 0.505 e. The molecule has 2 aromatic heterocycles. The van der Waals surface area contributed by atoms with Gasteiger partial charge in [-0.05, 0) is 52.2 Å². The topological polar surface area (TPSA) is 78.1 Å². The molecule has 1 amide bonds. The molecule has 32 heavy (non-hydrogen) atoms. The molecule has 1 saturated heterocycles. The van der Waals surface area contributed by atoms with Gasteiger partial charge in [0.15, 0.2) is 5.76 Å². The van der Waals surface area contributed by atoms with Gasteiger partial charge in [-0.3, -0.25) is 14.0 Å². The molecule has 1 N–H and O–H groups in total. The van der Waals surface area contributed by atoms with Gasteiger partial charge in [-0.1, -0.05) is 24.3 Å². The number of halogens is 1. The summed E-state index contributed by atoms with van der Waals surface area (Å²) in [7, 11) is 3.83. The molecule has 7 nitrogen and oxygen atoms in total. The lowest BCUT2D eigenvalue weighted by Gasteiger charge is -2.26. The number of carbonyl (C=O) groups is 2. The molecule has 1 atom stereocenters. The Morgan fingerprint density at radius 3 is 2.59 bits per heavy atom. The zero-order valence-corrected chi connectivity index (χ0v) is 18.2. The summed E-state index contributed by atoms with van der Waals surface area (Å²) in [4.78, 5) is 33.9. The van der Waals surface area contributed by atoms with Crippen molar-refractivity contribution in [2.45, 2.75) is 19.4 Å². The number of hydrogen-bond donors (Lipinski definition) is 1. The second kappa shape index (κ2) is 8.55. The van der Waals surface area contributed by atoms with Gasteiger partial charge in [0.25, 0.3) is 11.7 Å². The minimum Gasteiger partial charge on any atom is -0.505 e. The molecule has 0 bridgehead atoms. The number of benzene rings is 1. The van der Waals surface area contributed by atoms with Gasteiger partial charge in [0.1, 0.15) is 17.2 Å². The molecule has 0 radical (unpaired) electrons. The summed E-state index contributed by atoms with van der Waals surface area (Å²) in [5.41, 5.74) is 1.45. The first-order chi connectivity index (χ1) is 15.3. The molecule has 1 aliphatic rings. The second-order valence-corrected chi connectivity index (χ2v) is 8.15. The number of aliphatic hydroxyl groups is 1. The van der Waals surface area contributed by atoms with Crippen molar-refractivity contribution >= 4 is 23.1 Å². The third-order valence-electron chi connectivity index (χ3n) is 5.67. The van der Waals surface area contributed by atoms with Crippen molar-refractivity contribution < 1.29 is 19.1 Å². The fourth-order valence-electron chi connectivity index (χ4n) is 4.21. The maximum atomic E-state index is 14.9. The van der Waals surface area contributed by atoms with Crippen LogP contribution in [0.3, 0.4) is 0 Å². The summed E-state index contributed by atoms with van der Waals surface area (Å²) in [6.07, 6.45) is 2.31. The first-order valence-electron chi connectivity index (χ1n) is 10.4. The maximum absolute atomic E-state index is 14.9. The SMILES string of the molecule is Cc1nc2ccccn2c1/C(O)=C1/C(=O)C(=O)N(CCCN(C)C)C1c1ccccc1F. The fourth-order valence-corrected chi connectivity index (χ4v) is 4.21. The van der Waals surface area contributed by atoms with Crippen molar-refractivity contribution in [3.05, 3.63) is 77.0 Å². The lowest BCUT2D eigenvalue weighted by Crippen LogP contribution is -2.32. The van der Waals surface area contributed by atoms with Crippen LogP contribution in [-0.2, 0) is 9.59 Å². The first kappa shape index (κ1) is 21.7. The van der Waals surface area contributed by atoms with Crippen molar-refractivity contribution in [2.75, 3.05) is 27.2 Å². The smallest absolute Gasteiger partial charge is 0.295 e. The molecular weight excluding hydrogens is 411 g/mol. The van der Waals surface area contributed by atoms with Gasteiger partial charge in [0, 0.05) is 18.3 Å². The number of likely N-dealkylation sites (tertiary alicyclic amines) is 1. The van der Waals surface area contributed by atoms with Crippen molar-refractivity contribution in [2.24, 2.45) is 0 Å². The van der Waals surface area contributed by atoms with Crippen LogP contribution in [0.25, 0.3) is 11.4 Å². The predicted octanol–water partition coefficient (Wildman–Crippen LogP) is 3.16. The highest BCUT2D eigenvalue weighted by molar-refractivity contribution is 6.46. The minimum atomic E-state index is -1.02. The van der Waals surface area contributed by atoms with E-state index < -0.39 is 23.5 Å². The van der Waals surface area contributed by atoms with Crippen LogP contribution in [0, 0.1) is 12.7 Å². The first-order valence-corrected chi connectivity index (χ1v) is 10.4. The molecule has 0 saturated carbocycles. The van der Waals surface area contributed by atoms with Gasteiger partial charge in [0.05, 0.1) is 17.3 Å². The van der Waals surface area contributed by atoms with E-state index in [1.807, 2.05) is 25.1 Å². The number of hydrogen-bond acceptors (Lipinski definition) is 5. The van der Waals surface area contributed by atoms with Gasteiger partial charge in [-0.15, -0.1) is 0 Å². The number of aliphatic hydroxyl groups excluding tert-OH is 1. The summed E-state index contributed by atoms with van der Waals surface area (Å²) < 4.78 is 16.5. The molecule has 1 aromatic carbocycles. The molecule has 8 heteroatoms. The fraction of sp³-hybridized carbons (Fsp3) is 0.292. The van der Waals surface area contributed by atoms with Crippen LogP contribution in [0.1, 0.15) is 29.4 Å². The minimum absolute atomic E-state index is 0.126. The summed E-state index contributed by atoms with van der Waals surface area (Å²) in [6, 6.07) is 10.4. The maximum Gasteiger partial charge on any atom is 0.295 e. The Bertz CT molecular complexity index is 1230. The van der Waals surface area contributed by atoms with Crippen molar-refractivity contribution in [3.8, 4) is 0 Å². The molecule has 4 rings (SSSR count). The van der Waals surface area contributed by atoms with E-state index in [2.05, 4.69) is 4.98 Å². The highest BCUT2D eigenvalue weighted by Gasteiger charge is 2.47. The summed E-state index contributed by atoms with van der Waals surface area (Å²) >= 11 is 0. The molecule has 166 valence electrons. The number of aryl methyl sites for hydroxylation is 1. The van der Waals surface area contributed by atoms with Gasteiger partial charge in [-0.2, -0.15) is 0 Å². The van der Waals surface area contributed by atoms with E-state index in [0.29, 0.717) is 30.0 Å². The lowest BCUT2D eigenvalue weighted by atomic mass is 9.95. The van der Waals surface area contributed by atoms with Gasteiger partial charge in [-0.25, -0.2) is 9.37 Å². The number of carbonyl (C=O) groups excluding carboxylic acids is 2. The third kappa shape index (κ3) is 3.67. The Balaban J connectivity index is 1.90. The van der Waals surface area contributed by atoms with E-state index in [4.69, 9.17) is 0 Å². The highest BCUT2D eigenvalue weighted by atomic mass is 19.1. The van der Waals surface area contributed by atoms with Crippen LogP contribution in [0.4, 0.5) is 4.39 Å². The standard InChI is InChI=1S/C24H25FN4O3/c1-15-20(28-13-7-6-11-18(28)26-15)22(30)19-21(16-9-4-5-10-17(16)25)29(24(32)23(19)31)14-8-12-27(2)3/h4-7,9-11,13,21,30H,8,12,14H2,1-3H3/b22-19-. The Hall–Kier alpha value is -3.52. The Morgan fingerprint density at radius 1 is 1.16 bits per heavy atom. The normalized spacial score (nSPS) is 18.3.